The average molecular weight is 450 g/mol. The van der Waals surface area contributed by atoms with Crippen LogP contribution in [0.25, 0.3) is 0 Å². The molecule has 8 heteroatoms. The molecule has 2 aliphatic carbocycles. The largest absolute Gasteiger partial charge is 0.493 e. The van der Waals surface area contributed by atoms with E-state index in [-0.39, 0.29) is 12.1 Å². The topological polar surface area (TPSA) is 80.8 Å². The first-order valence-electron chi connectivity index (χ1n) is 9.15. The van der Waals surface area contributed by atoms with E-state index in [0.29, 0.717) is 17.3 Å². The van der Waals surface area contributed by atoms with Crippen LogP contribution < -0.4 is 15.2 Å². The van der Waals surface area contributed by atoms with Crippen molar-refractivity contribution in [2.45, 2.75) is 42.4 Å². The Kier molecular flexibility index (Phi) is 3.06. The summed E-state index contributed by atoms with van der Waals surface area (Å²) in [6.45, 7) is 0.912. The number of halogens is 1. The van der Waals surface area contributed by atoms with Gasteiger partial charge in [0.25, 0.3) is 0 Å². The summed E-state index contributed by atoms with van der Waals surface area (Å²) in [7, 11) is 3.77. The monoisotopic (exact) mass is 449 g/mol. The standard InChI is InChI=1S/C19H20BrN3O3S/c1-23-4-3-18-13-8-5-12(23)19(18,24)7-11-14(22-17(21)27-11)16(18)26-15(13)10(25-2)6-9(8)20/h6,12,16,24H,3-5,7H2,1-2H3,(H2,21,22)/t12-,16-,18-,19+/m0/s1. The van der Waals surface area contributed by atoms with Crippen LogP contribution in [0.15, 0.2) is 10.5 Å². The molecule has 0 amide bonds. The number of anilines is 1. The quantitative estimate of drug-likeness (QED) is 0.695. The van der Waals surface area contributed by atoms with Crippen LogP contribution in [0.1, 0.15) is 34.2 Å². The van der Waals surface area contributed by atoms with E-state index in [1.807, 2.05) is 6.07 Å². The number of hydrogen-bond acceptors (Lipinski definition) is 7. The number of aliphatic hydroxyl groups is 1. The van der Waals surface area contributed by atoms with Gasteiger partial charge in [-0.1, -0.05) is 15.9 Å². The maximum atomic E-state index is 12.3. The van der Waals surface area contributed by atoms with Crippen LogP contribution in [0.5, 0.6) is 11.5 Å². The number of benzene rings is 1. The normalized spacial score (nSPS) is 35.4. The second-order valence-corrected chi connectivity index (χ2v) is 10.1. The van der Waals surface area contributed by atoms with Gasteiger partial charge in [-0.25, -0.2) is 4.98 Å². The number of rotatable bonds is 1. The number of ether oxygens (including phenoxy) is 2. The van der Waals surface area contributed by atoms with Gasteiger partial charge in [-0.2, -0.15) is 0 Å². The molecule has 6 rings (SSSR count). The Morgan fingerprint density at radius 2 is 2.33 bits per heavy atom. The molecule has 4 aliphatic rings. The number of nitrogens with zero attached hydrogens (tertiary/aromatic N) is 2. The first kappa shape index (κ1) is 16.6. The van der Waals surface area contributed by atoms with Gasteiger partial charge in [0.1, 0.15) is 0 Å². The molecule has 142 valence electrons. The smallest absolute Gasteiger partial charge is 0.180 e. The number of hydrogen-bond donors (Lipinski definition) is 2. The predicted molar refractivity (Wildman–Crippen MR) is 106 cm³/mol. The van der Waals surface area contributed by atoms with Gasteiger partial charge < -0.3 is 25.2 Å². The fraction of sp³-hybridized carbons (Fsp3) is 0.526. The lowest BCUT2D eigenvalue weighted by Gasteiger charge is -2.61. The van der Waals surface area contributed by atoms with Crippen LogP contribution in [0.3, 0.4) is 0 Å². The van der Waals surface area contributed by atoms with Crippen LogP contribution in [-0.2, 0) is 18.3 Å². The number of methoxy groups -OCH3 is 1. The van der Waals surface area contributed by atoms with E-state index in [4.69, 9.17) is 15.2 Å². The number of likely N-dealkylation sites (tertiary alicyclic amines) is 1. The highest BCUT2D eigenvalue weighted by Gasteiger charge is 2.73. The summed E-state index contributed by atoms with van der Waals surface area (Å²) < 4.78 is 13.2. The molecule has 1 aromatic carbocycles. The summed E-state index contributed by atoms with van der Waals surface area (Å²) in [4.78, 5) is 7.98. The lowest BCUT2D eigenvalue weighted by Crippen LogP contribution is -2.73. The number of nitrogen functional groups attached to an aromatic ring is 1. The Labute approximate surface area is 169 Å². The lowest BCUT2D eigenvalue weighted by molar-refractivity contribution is -0.167. The molecule has 2 bridgehead atoms. The minimum atomic E-state index is -0.916. The van der Waals surface area contributed by atoms with Gasteiger partial charge in [0, 0.05) is 27.4 Å². The SMILES string of the molecule is COc1cc(Br)c2c3c1O[C@H]1c4nc(N)sc4C[C@@]4(O)[C@H](C2)N(C)CC[C@]314. The van der Waals surface area contributed by atoms with E-state index < -0.39 is 11.0 Å². The zero-order chi connectivity index (χ0) is 18.7. The molecule has 1 saturated heterocycles. The second-order valence-electron chi connectivity index (χ2n) is 8.12. The third-order valence-corrected chi connectivity index (χ3v) is 8.79. The molecule has 2 aliphatic heterocycles. The summed E-state index contributed by atoms with van der Waals surface area (Å²) >= 11 is 5.23. The number of aromatic nitrogens is 1. The molecule has 3 heterocycles. The van der Waals surface area contributed by atoms with Crippen LogP contribution in [0.4, 0.5) is 5.13 Å². The molecule has 3 N–H and O–H groups in total. The fourth-order valence-corrected chi connectivity index (χ4v) is 7.58. The Bertz CT molecular complexity index is 1010. The van der Waals surface area contributed by atoms with Crippen LogP contribution in [0, 0.1) is 0 Å². The summed E-state index contributed by atoms with van der Waals surface area (Å²) in [6, 6.07) is 2.01. The van der Waals surface area contributed by atoms with Crippen molar-refractivity contribution in [3.63, 3.8) is 0 Å². The fourth-order valence-electron chi connectivity index (χ4n) is 6.06. The molecule has 0 radical (unpaired) electrons. The Morgan fingerprint density at radius 1 is 1.52 bits per heavy atom. The predicted octanol–water partition coefficient (Wildman–Crippen LogP) is 2.42. The number of likely N-dealkylation sites (N-methyl/N-ethyl adjacent to an activating group) is 1. The first-order chi connectivity index (χ1) is 12.9. The lowest BCUT2D eigenvalue weighted by atomic mass is 9.49. The zero-order valence-electron chi connectivity index (χ0n) is 15.1. The minimum absolute atomic E-state index is 0.0250. The van der Waals surface area contributed by atoms with Crippen LogP contribution in [-0.4, -0.2) is 47.3 Å². The third kappa shape index (κ3) is 1.68. The van der Waals surface area contributed by atoms with Gasteiger partial charge in [0.15, 0.2) is 22.7 Å². The highest BCUT2D eigenvalue weighted by atomic mass is 79.9. The van der Waals surface area contributed by atoms with Crippen LogP contribution >= 0.6 is 27.3 Å². The van der Waals surface area contributed by atoms with E-state index in [9.17, 15) is 5.11 Å². The van der Waals surface area contributed by atoms with E-state index >= 15 is 0 Å². The molecular weight excluding hydrogens is 430 g/mol. The summed E-state index contributed by atoms with van der Waals surface area (Å²) in [6.07, 6.45) is 1.84. The molecule has 1 aromatic heterocycles. The molecule has 27 heavy (non-hydrogen) atoms. The van der Waals surface area contributed by atoms with Gasteiger partial charge in [-0.15, -0.1) is 11.3 Å². The first-order valence-corrected chi connectivity index (χ1v) is 10.8. The van der Waals surface area contributed by atoms with Crippen molar-refractivity contribution in [1.82, 2.24) is 9.88 Å². The second kappa shape index (κ2) is 4.97. The average Bonchev–Trinajstić information content (AvgIpc) is 3.15. The number of nitrogens with two attached hydrogens (primary N) is 1. The van der Waals surface area contributed by atoms with E-state index in [0.717, 1.165) is 45.7 Å². The number of thiazole rings is 1. The summed E-state index contributed by atoms with van der Waals surface area (Å²) in [5, 5.41) is 12.8. The molecule has 6 nitrogen and oxygen atoms in total. The number of fused-ring (bicyclic) bond motifs is 2. The maximum absolute atomic E-state index is 12.3. The van der Waals surface area contributed by atoms with Gasteiger partial charge in [0.2, 0.25) is 0 Å². The van der Waals surface area contributed by atoms with Crippen molar-refractivity contribution in [3.05, 3.63) is 32.2 Å². The van der Waals surface area contributed by atoms with E-state index in [1.165, 1.54) is 16.9 Å². The Balaban J connectivity index is 1.74. The highest BCUT2D eigenvalue weighted by molar-refractivity contribution is 9.10. The Hall–Kier alpha value is -1.35. The Morgan fingerprint density at radius 3 is 3.11 bits per heavy atom. The van der Waals surface area contributed by atoms with E-state index in [2.05, 4.69) is 32.9 Å². The molecule has 1 fully saturated rings. The maximum Gasteiger partial charge on any atom is 0.180 e. The third-order valence-electron chi connectivity index (χ3n) is 7.18. The van der Waals surface area contributed by atoms with Crippen LogP contribution in [0.2, 0.25) is 0 Å². The van der Waals surface area contributed by atoms with E-state index in [1.54, 1.807) is 7.11 Å². The highest BCUT2D eigenvalue weighted by Crippen LogP contribution is 2.69. The summed E-state index contributed by atoms with van der Waals surface area (Å²) in [5.41, 5.74) is 7.86. The van der Waals surface area contributed by atoms with Crippen molar-refractivity contribution >= 4 is 32.4 Å². The molecule has 1 spiro atoms. The van der Waals surface area contributed by atoms with Gasteiger partial charge in [-0.3, -0.25) is 0 Å². The molecule has 0 unspecified atom stereocenters. The number of piperidine rings is 1. The van der Waals surface area contributed by atoms with Crippen molar-refractivity contribution < 1.29 is 14.6 Å². The minimum Gasteiger partial charge on any atom is -0.493 e. The van der Waals surface area contributed by atoms with Crippen molar-refractivity contribution in [1.29, 1.82) is 0 Å². The van der Waals surface area contributed by atoms with Crippen molar-refractivity contribution in [2.75, 3.05) is 26.4 Å². The van der Waals surface area contributed by atoms with Crippen molar-refractivity contribution in [2.24, 2.45) is 0 Å². The van der Waals surface area contributed by atoms with Crippen molar-refractivity contribution in [3.8, 4) is 11.5 Å². The van der Waals surface area contributed by atoms with Gasteiger partial charge in [-0.05, 0) is 38.1 Å². The molecule has 0 saturated carbocycles. The molecule has 2 aromatic rings. The summed E-state index contributed by atoms with van der Waals surface area (Å²) in [5.74, 6) is 1.47. The zero-order valence-corrected chi connectivity index (χ0v) is 17.5. The van der Waals surface area contributed by atoms with Gasteiger partial charge in [0.05, 0.1) is 23.8 Å². The van der Waals surface area contributed by atoms with Gasteiger partial charge >= 0.3 is 0 Å². The molecular formula is C19H20BrN3O3S. The molecule has 4 atom stereocenters.